The molecule has 2 bridgehead atoms. The molecule has 1 N–H and O–H groups in total. The molecule has 21 heavy (non-hydrogen) atoms. The molecule has 3 nitrogen and oxygen atoms in total. The minimum Gasteiger partial charge on any atom is -0.372 e. The van der Waals surface area contributed by atoms with Crippen molar-refractivity contribution in [1.29, 1.82) is 0 Å². The van der Waals surface area contributed by atoms with Gasteiger partial charge in [-0.25, -0.2) is 0 Å². The number of hydrogen-bond acceptors (Lipinski definition) is 2. The average molecular weight is 283 g/mol. The average Bonchev–Trinajstić information content (AvgIpc) is 3.03. The molecule has 1 aromatic rings. The highest BCUT2D eigenvalue weighted by atomic mass is 16.5. The summed E-state index contributed by atoms with van der Waals surface area (Å²) in [5.74, 6) is 0.118. The first-order valence-corrected chi connectivity index (χ1v) is 7.92. The lowest BCUT2D eigenvalue weighted by Crippen LogP contribution is -2.50. The number of carbonyl (C=O) groups excluding carboxylic acids is 1. The summed E-state index contributed by atoms with van der Waals surface area (Å²) >= 11 is 0. The molecule has 1 saturated heterocycles. The molecular formula is C18H21NO2. The SMILES string of the molecule is O=C(Cc1ccc2c(c1)CCC2)NC12CC=CC(C1)OC2. The van der Waals surface area contributed by atoms with E-state index in [4.69, 9.17) is 4.74 Å². The molecule has 110 valence electrons. The van der Waals surface area contributed by atoms with Crippen LogP contribution in [-0.2, 0) is 28.8 Å². The number of amides is 1. The third-order valence-electron chi connectivity index (χ3n) is 4.96. The van der Waals surface area contributed by atoms with Crippen molar-refractivity contribution in [3.05, 3.63) is 47.0 Å². The number of nitrogens with one attached hydrogen (secondary N) is 1. The standard InChI is InChI=1S/C18H21NO2/c20-17(19-18-8-2-5-16(11-18)21-12-18)10-13-6-7-14-3-1-4-15(14)9-13/h2,5-7,9,16H,1,3-4,8,10-12H2,(H,19,20). The predicted octanol–water partition coefficient (Wildman–Crippen LogP) is 2.32. The third-order valence-corrected chi connectivity index (χ3v) is 4.96. The van der Waals surface area contributed by atoms with E-state index >= 15 is 0 Å². The van der Waals surface area contributed by atoms with Crippen LogP contribution in [-0.4, -0.2) is 24.2 Å². The van der Waals surface area contributed by atoms with E-state index in [1.54, 1.807) is 0 Å². The van der Waals surface area contributed by atoms with Crippen LogP contribution in [0.15, 0.2) is 30.4 Å². The molecule has 0 saturated carbocycles. The van der Waals surface area contributed by atoms with Gasteiger partial charge in [-0.3, -0.25) is 4.79 Å². The summed E-state index contributed by atoms with van der Waals surface area (Å²) in [5.41, 5.74) is 3.87. The highest BCUT2D eigenvalue weighted by molar-refractivity contribution is 5.79. The zero-order chi connectivity index (χ0) is 14.3. The Morgan fingerprint density at radius 3 is 3.19 bits per heavy atom. The highest BCUT2D eigenvalue weighted by Gasteiger charge is 2.41. The van der Waals surface area contributed by atoms with E-state index in [9.17, 15) is 4.79 Å². The molecule has 0 aromatic heterocycles. The Hall–Kier alpha value is -1.61. The lowest BCUT2D eigenvalue weighted by atomic mass is 9.87. The second kappa shape index (κ2) is 4.99. The molecule has 2 aliphatic carbocycles. The first-order valence-electron chi connectivity index (χ1n) is 7.92. The summed E-state index contributed by atoms with van der Waals surface area (Å²) in [6.07, 6.45) is 10.3. The van der Waals surface area contributed by atoms with Crippen LogP contribution in [0.3, 0.4) is 0 Å². The predicted molar refractivity (Wildman–Crippen MR) is 81.2 cm³/mol. The normalized spacial score (nSPS) is 29.4. The molecule has 1 aliphatic heterocycles. The van der Waals surface area contributed by atoms with Gasteiger partial charge in [0, 0.05) is 6.42 Å². The summed E-state index contributed by atoms with van der Waals surface area (Å²) < 4.78 is 5.69. The smallest absolute Gasteiger partial charge is 0.224 e. The van der Waals surface area contributed by atoms with Crippen molar-refractivity contribution in [2.75, 3.05) is 6.61 Å². The van der Waals surface area contributed by atoms with E-state index in [-0.39, 0.29) is 17.6 Å². The van der Waals surface area contributed by atoms with Crippen LogP contribution in [0, 0.1) is 0 Å². The van der Waals surface area contributed by atoms with Crippen LogP contribution >= 0.6 is 0 Å². The molecule has 1 amide bonds. The quantitative estimate of drug-likeness (QED) is 0.865. The van der Waals surface area contributed by atoms with E-state index in [2.05, 4.69) is 35.7 Å². The van der Waals surface area contributed by atoms with Crippen molar-refractivity contribution in [1.82, 2.24) is 5.32 Å². The first kappa shape index (κ1) is 13.1. The topological polar surface area (TPSA) is 38.3 Å². The van der Waals surface area contributed by atoms with Gasteiger partial charge >= 0.3 is 0 Å². The van der Waals surface area contributed by atoms with Crippen LogP contribution in [0.4, 0.5) is 0 Å². The highest BCUT2D eigenvalue weighted by Crippen LogP contribution is 2.32. The Morgan fingerprint density at radius 1 is 1.33 bits per heavy atom. The summed E-state index contributed by atoms with van der Waals surface area (Å²) in [6.45, 7) is 0.639. The Kier molecular flexibility index (Phi) is 3.11. The van der Waals surface area contributed by atoms with Crippen molar-refractivity contribution in [2.24, 2.45) is 0 Å². The molecule has 4 rings (SSSR count). The Morgan fingerprint density at radius 2 is 2.24 bits per heavy atom. The number of rotatable bonds is 3. The van der Waals surface area contributed by atoms with E-state index < -0.39 is 0 Å². The maximum absolute atomic E-state index is 12.4. The van der Waals surface area contributed by atoms with Gasteiger partial charge in [0.2, 0.25) is 5.91 Å². The van der Waals surface area contributed by atoms with Gasteiger partial charge in [0.1, 0.15) is 0 Å². The van der Waals surface area contributed by atoms with Crippen molar-refractivity contribution in [3.8, 4) is 0 Å². The van der Waals surface area contributed by atoms with Gasteiger partial charge in [-0.05, 0) is 42.4 Å². The summed E-state index contributed by atoms with van der Waals surface area (Å²) in [5, 5.41) is 3.22. The van der Waals surface area contributed by atoms with Gasteiger partial charge in [0.05, 0.1) is 24.7 Å². The molecule has 2 atom stereocenters. The summed E-state index contributed by atoms with van der Waals surface area (Å²) in [6, 6.07) is 6.52. The fourth-order valence-corrected chi connectivity index (χ4v) is 3.88. The lowest BCUT2D eigenvalue weighted by Gasteiger charge is -2.29. The monoisotopic (exact) mass is 283 g/mol. The number of aryl methyl sites for hydroxylation is 2. The van der Waals surface area contributed by atoms with Gasteiger partial charge in [-0.2, -0.15) is 0 Å². The minimum absolute atomic E-state index is 0.118. The fraction of sp³-hybridized carbons (Fsp3) is 0.500. The van der Waals surface area contributed by atoms with Crippen molar-refractivity contribution in [3.63, 3.8) is 0 Å². The Balaban J connectivity index is 1.43. The summed E-state index contributed by atoms with van der Waals surface area (Å²) in [4.78, 5) is 12.4. The van der Waals surface area contributed by atoms with Crippen LogP contribution in [0.1, 0.15) is 36.0 Å². The molecule has 0 spiro atoms. The minimum atomic E-state index is -0.159. The molecular weight excluding hydrogens is 262 g/mol. The number of carbonyl (C=O) groups is 1. The number of fused-ring (bicyclic) bond motifs is 3. The number of benzene rings is 1. The molecule has 1 heterocycles. The van der Waals surface area contributed by atoms with Crippen LogP contribution < -0.4 is 5.32 Å². The number of ether oxygens (including phenoxy) is 1. The van der Waals surface area contributed by atoms with Gasteiger partial charge in [-0.1, -0.05) is 30.4 Å². The van der Waals surface area contributed by atoms with Gasteiger partial charge in [0.15, 0.2) is 0 Å². The first-order chi connectivity index (χ1) is 10.2. The molecule has 0 radical (unpaired) electrons. The zero-order valence-electron chi connectivity index (χ0n) is 12.2. The number of hydrogen-bond donors (Lipinski definition) is 1. The fourth-order valence-electron chi connectivity index (χ4n) is 3.88. The molecule has 3 aliphatic rings. The molecule has 2 unspecified atom stereocenters. The maximum atomic E-state index is 12.4. The van der Waals surface area contributed by atoms with Crippen molar-refractivity contribution in [2.45, 2.75) is 50.2 Å². The van der Waals surface area contributed by atoms with Crippen molar-refractivity contribution >= 4 is 5.91 Å². The molecule has 1 aromatic carbocycles. The van der Waals surface area contributed by atoms with Gasteiger partial charge in [0.25, 0.3) is 0 Å². The van der Waals surface area contributed by atoms with Crippen LogP contribution in [0.25, 0.3) is 0 Å². The summed E-state index contributed by atoms with van der Waals surface area (Å²) in [7, 11) is 0. The van der Waals surface area contributed by atoms with Crippen LogP contribution in [0.2, 0.25) is 0 Å². The van der Waals surface area contributed by atoms with E-state index in [0.29, 0.717) is 13.0 Å². The lowest BCUT2D eigenvalue weighted by molar-refractivity contribution is -0.122. The van der Waals surface area contributed by atoms with Gasteiger partial charge in [-0.15, -0.1) is 0 Å². The third kappa shape index (κ3) is 2.51. The van der Waals surface area contributed by atoms with E-state index in [1.165, 1.54) is 24.0 Å². The van der Waals surface area contributed by atoms with E-state index in [0.717, 1.165) is 24.8 Å². The van der Waals surface area contributed by atoms with Crippen LogP contribution in [0.5, 0.6) is 0 Å². The Bertz CT molecular complexity index is 607. The second-order valence-electron chi connectivity index (χ2n) is 6.65. The Labute approximate surface area is 125 Å². The zero-order valence-corrected chi connectivity index (χ0v) is 12.2. The largest absolute Gasteiger partial charge is 0.372 e. The molecule has 3 heteroatoms. The molecule has 1 fully saturated rings. The second-order valence-corrected chi connectivity index (χ2v) is 6.65. The van der Waals surface area contributed by atoms with Gasteiger partial charge < -0.3 is 10.1 Å². The van der Waals surface area contributed by atoms with E-state index in [1.807, 2.05) is 0 Å². The maximum Gasteiger partial charge on any atom is 0.224 e. The van der Waals surface area contributed by atoms with Crippen molar-refractivity contribution < 1.29 is 9.53 Å².